The van der Waals surface area contributed by atoms with Gasteiger partial charge in [-0.1, -0.05) is 11.2 Å². The fourth-order valence-corrected chi connectivity index (χ4v) is 4.52. The van der Waals surface area contributed by atoms with Crippen LogP contribution >= 0.6 is 0 Å². The molecule has 3 rings (SSSR count). The van der Waals surface area contributed by atoms with Gasteiger partial charge in [0.1, 0.15) is 0 Å². The lowest BCUT2D eigenvalue weighted by Gasteiger charge is -2.10. The monoisotopic (exact) mass is 452 g/mol. The number of benzene rings is 2. The predicted molar refractivity (Wildman–Crippen MR) is 107 cm³/mol. The smallest absolute Gasteiger partial charge is 0.270 e. The van der Waals surface area contributed by atoms with E-state index in [0.717, 1.165) is 6.07 Å². The highest BCUT2D eigenvalue weighted by atomic mass is 32.2. The molecule has 0 atom stereocenters. The number of nitrogens with one attached hydrogen (secondary N) is 2. The molecule has 0 aliphatic heterocycles. The topological polar surface area (TPSA) is 162 Å². The molecule has 11 nitrogen and oxygen atoms in total. The first-order valence-corrected chi connectivity index (χ1v) is 11.3. The van der Waals surface area contributed by atoms with Crippen LogP contribution in [-0.2, 0) is 20.0 Å². The minimum absolute atomic E-state index is 0.0112. The molecule has 0 saturated carbocycles. The van der Waals surface area contributed by atoms with Crippen LogP contribution in [0.2, 0.25) is 0 Å². The van der Waals surface area contributed by atoms with Crippen LogP contribution in [0.15, 0.2) is 62.8 Å². The Morgan fingerprint density at radius 1 is 0.933 bits per heavy atom. The van der Waals surface area contributed by atoms with Gasteiger partial charge < -0.3 is 4.52 Å². The molecule has 0 aliphatic rings. The number of aryl methyl sites for hydroxylation is 1. The highest BCUT2D eigenvalue weighted by molar-refractivity contribution is 7.93. The summed E-state index contributed by atoms with van der Waals surface area (Å²) in [5, 5.41) is 14.5. The maximum atomic E-state index is 12.5. The molecular weight excluding hydrogens is 436 g/mol. The summed E-state index contributed by atoms with van der Waals surface area (Å²) < 4.78 is 59.3. The molecule has 2 N–H and O–H groups in total. The number of non-ortho nitro benzene ring substituents is 1. The number of hydrogen-bond acceptors (Lipinski definition) is 8. The summed E-state index contributed by atoms with van der Waals surface area (Å²) in [5.74, 6) is -0.0112. The van der Waals surface area contributed by atoms with Crippen molar-refractivity contribution in [3.8, 4) is 0 Å². The lowest BCUT2D eigenvalue weighted by atomic mass is 10.3. The molecule has 13 heteroatoms. The fraction of sp³-hybridized carbons (Fsp3) is 0.118. The zero-order valence-electron chi connectivity index (χ0n) is 15.7. The molecule has 0 bridgehead atoms. The van der Waals surface area contributed by atoms with Crippen molar-refractivity contribution in [3.05, 3.63) is 69.9 Å². The van der Waals surface area contributed by atoms with E-state index < -0.39 is 25.0 Å². The second-order valence-corrected chi connectivity index (χ2v) is 9.58. The number of rotatable bonds is 7. The normalized spacial score (nSPS) is 11.8. The quantitative estimate of drug-likeness (QED) is 0.408. The molecule has 0 fully saturated rings. The van der Waals surface area contributed by atoms with Crippen LogP contribution in [0.5, 0.6) is 0 Å². The predicted octanol–water partition coefficient (Wildman–Crippen LogP) is 2.80. The highest BCUT2D eigenvalue weighted by Crippen LogP contribution is 2.24. The molecule has 0 saturated heterocycles. The standard InChI is InChI=1S/C17H16N4O7S2/c1-11-12(2)18-28-17(11)20-29(24,25)15-8-6-13(7-9-15)19-30(26,27)16-5-3-4-14(10-16)21(22)23/h3-10,19-20H,1-2H3. The summed E-state index contributed by atoms with van der Waals surface area (Å²) >= 11 is 0. The van der Waals surface area contributed by atoms with E-state index in [1.807, 2.05) is 0 Å². The van der Waals surface area contributed by atoms with Gasteiger partial charge in [-0.3, -0.25) is 14.8 Å². The van der Waals surface area contributed by atoms with E-state index in [-0.39, 0.29) is 27.0 Å². The van der Waals surface area contributed by atoms with Gasteiger partial charge in [0.25, 0.3) is 25.7 Å². The zero-order valence-corrected chi connectivity index (χ0v) is 17.3. The summed E-state index contributed by atoms with van der Waals surface area (Å²) in [6, 6.07) is 9.46. The Morgan fingerprint density at radius 3 is 2.13 bits per heavy atom. The van der Waals surface area contributed by atoms with Crippen molar-refractivity contribution in [3.63, 3.8) is 0 Å². The van der Waals surface area contributed by atoms with Crippen molar-refractivity contribution in [1.29, 1.82) is 0 Å². The Hall–Kier alpha value is -3.45. The molecule has 1 heterocycles. The van der Waals surface area contributed by atoms with Crippen LogP contribution in [-0.4, -0.2) is 26.9 Å². The van der Waals surface area contributed by atoms with E-state index in [9.17, 15) is 26.9 Å². The number of nitrogens with zero attached hydrogens (tertiary/aromatic N) is 2. The lowest BCUT2D eigenvalue weighted by molar-refractivity contribution is -0.385. The zero-order chi connectivity index (χ0) is 22.1. The second-order valence-electron chi connectivity index (χ2n) is 6.21. The largest absolute Gasteiger partial charge is 0.337 e. The first-order valence-electron chi connectivity index (χ1n) is 8.32. The van der Waals surface area contributed by atoms with E-state index in [1.165, 1.54) is 42.5 Å². The number of anilines is 2. The number of nitro benzene ring substituents is 1. The Morgan fingerprint density at radius 2 is 1.57 bits per heavy atom. The van der Waals surface area contributed by atoms with Gasteiger partial charge in [-0.15, -0.1) is 0 Å². The summed E-state index contributed by atoms with van der Waals surface area (Å²) in [5.41, 5.74) is 0.786. The third-order valence-electron chi connectivity index (χ3n) is 4.14. The Bertz CT molecular complexity index is 1310. The molecule has 158 valence electrons. The van der Waals surface area contributed by atoms with Gasteiger partial charge in [0.2, 0.25) is 5.88 Å². The van der Waals surface area contributed by atoms with Crippen molar-refractivity contribution < 1.29 is 26.3 Å². The molecule has 1 aromatic heterocycles. The molecular formula is C17H16N4O7S2. The summed E-state index contributed by atoms with van der Waals surface area (Å²) in [6.45, 7) is 3.31. The summed E-state index contributed by atoms with van der Waals surface area (Å²) in [6.07, 6.45) is 0. The Balaban J connectivity index is 1.81. The molecule has 0 unspecified atom stereocenters. The molecule has 0 amide bonds. The van der Waals surface area contributed by atoms with Gasteiger partial charge in [-0.25, -0.2) is 21.6 Å². The van der Waals surface area contributed by atoms with Crippen LogP contribution < -0.4 is 9.44 Å². The van der Waals surface area contributed by atoms with Gasteiger partial charge in [-0.2, -0.15) is 0 Å². The van der Waals surface area contributed by atoms with Crippen molar-refractivity contribution in [2.45, 2.75) is 23.6 Å². The minimum Gasteiger partial charge on any atom is -0.337 e. The summed E-state index contributed by atoms with van der Waals surface area (Å²) in [4.78, 5) is 9.71. The third-order valence-corrected chi connectivity index (χ3v) is 6.87. The van der Waals surface area contributed by atoms with Crippen LogP contribution in [0.1, 0.15) is 11.3 Å². The minimum atomic E-state index is -4.11. The number of nitro groups is 1. The van der Waals surface area contributed by atoms with E-state index >= 15 is 0 Å². The number of aromatic nitrogens is 1. The van der Waals surface area contributed by atoms with Crippen LogP contribution in [0.3, 0.4) is 0 Å². The van der Waals surface area contributed by atoms with E-state index in [0.29, 0.717) is 11.3 Å². The second kappa shape index (κ2) is 7.76. The van der Waals surface area contributed by atoms with Crippen molar-refractivity contribution in [2.75, 3.05) is 9.44 Å². The maximum Gasteiger partial charge on any atom is 0.270 e. The van der Waals surface area contributed by atoms with E-state index in [1.54, 1.807) is 13.8 Å². The maximum absolute atomic E-state index is 12.5. The molecule has 0 radical (unpaired) electrons. The van der Waals surface area contributed by atoms with Crippen molar-refractivity contribution >= 4 is 37.3 Å². The molecule has 30 heavy (non-hydrogen) atoms. The summed E-state index contributed by atoms with van der Waals surface area (Å²) in [7, 11) is -8.10. The average Bonchev–Trinajstić information content (AvgIpc) is 3.00. The molecule has 3 aromatic rings. The van der Waals surface area contributed by atoms with Gasteiger partial charge in [-0.05, 0) is 44.2 Å². The number of hydrogen-bond donors (Lipinski definition) is 2. The van der Waals surface area contributed by atoms with Gasteiger partial charge in [0.15, 0.2) is 0 Å². The van der Waals surface area contributed by atoms with Crippen LogP contribution in [0, 0.1) is 24.0 Å². The molecule has 0 spiro atoms. The van der Waals surface area contributed by atoms with Gasteiger partial charge in [0.05, 0.1) is 20.4 Å². The van der Waals surface area contributed by atoms with Crippen molar-refractivity contribution in [2.24, 2.45) is 0 Å². The third kappa shape index (κ3) is 4.41. The Kier molecular flexibility index (Phi) is 5.50. The lowest BCUT2D eigenvalue weighted by Crippen LogP contribution is -2.15. The van der Waals surface area contributed by atoms with E-state index in [4.69, 9.17) is 4.52 Å². The van der Waals surface area contributed by atoms with Crippen LogP contribution in [0.25, 0.3) is 0 Å². The average molecular weight is 452 g/mol. The Labute approximate surface area is 172 Å². The number of sulfonamides is 2. The van der Waals surface area contributed by atoms with Crippen molar-refractivity contribution in [1.82, 2.24) is 5.16 Å². The molecule has 0 aliphatic carbocycles. The van der Waals surface area contributed by atoms with Crippen LogP contribution in [0.4, 0.5) is 17.3 Å². The van der Waals surface area contributed by atoms with E-state index in [2.05, 4.69) is 14.6 Å². The first-order chi connectivity index (χ1) is 14.0. The first kappa shape index (κ1) is 21.3. The van der Waals surface area contributed by atoms with Gasteiger partial charge >= 0.3 is 0 Å². The highest BCUT2D eigenvalue weighted by Gasteiger charge is 2.21. The molecule has 2 aromatic carbocycles. The SMILES string of the molecule is Cc1noc(NS(=O)(=O)c2ccc(NS(=O)(=O)c3cccc([N+](=O)[O-])c3)cc2)c1C. The fourth-order valence-electron chi connectivity index (χ4n) is 2.37. The van der Waals surface area contributed by atoms with Gasteiger partial charge in [0, 0.05) is 23.4 Å².